The maximum atomic E-state index is 6.34. The van der Waals surface area contributed by atoms with Gasteiger partial charge in [-0.3, -0.25) is 0 Å². The highest BCUT2D eigenvalue weighted by atomic mass is 16.5. The minimum absolute atomic E-state index is 0.0457. The number of rotatable bonds is 1. The first kappa shape index (κ1) is 13.2. The van der Waals surface area contributed by atoms with E-state index in [4.69, 9.17) is 10.5 Å². The lowest BCUT2D eigenvalue weighted by atomic mass is 9.90. The van der Waals surface area contributed by atoms with Crippen molar-refractivity contribution in [2.45, 2.75) is 39.3 Å². The van der Waals surface area contributed by atoms with Crippen molar-refractivity contribution in [1.82, 2.24) is 0 Å². The van der Waals surface area contributed by atoms with E-state index in [0.29, 0.717) is 0 Å². The first-order chi connectivity index (χ1) is 9.54. The van der Waals surface area contributed by atoms with E-state index in [2.05, 4.69) is 51.1 Å². The Hall–Kier alpha value is -1.80. The molecule has 0 saturated heterocycles. The van der Waals surface area contributed by atoms with E-state index in [9.17, 15) is 0 Å². The number of hydrogen-bond acceptors (Lipinski definition) is 2. The second-order valence-corrected chi connectivity index (χ2v) is 5.85. The maximum absolute atomic E-state index is 6.34. The third-order valence-corrected chi connectivity index (χ3v) is 4.07. The molecule has 2 unspecified atom stereocenters. The summed E-state index contributed by atoms with van der Waals surface area (Å²) < 4.78 is 6.18. The van der Waals surface area contributed by atoms with Crippen molar-refractivity contribution >= 4 is 0 Å². The molecule has 0 spiro atoms. The van der Waals surface area contributed by atoms with Crippen LogP contribution in [-0.4, -0.2) is 0 Å². The molecule has 2 aromatic carbocycles. The van der Waals surface area contributed by atoms with E-state index in [-0.39, 0.29) is 12.1 Å². The number of ether oxygens (including phenoxy) is 1. The van der Waals surface area contributed by atoms with Crippen molar-refractivity contribution in [2.24, 2.45) is 5.73 Å². The van der Waals surface area contributed by atoms with Gasteiger partial charge in [0, 0.05) is 18.0 Å². The highest BCUT2D eigenvalue weighted by molar-refractivity contribution is 5.42. The van der Waals surface area contributed by atoms with Gasteiger partial charge < -0.3 is 10.5 Å². The average Bonchev–Trinajstić information content (AvgIpc) is 2.39. The Balaban J connectivity index is 1.97. The highest BCUT2D eigenvalue weighted by Gasteiger charge is 2.27. The summed E-state index contributed by atoms with van der Waals surface area (Å²) in [4.78, 5) is 0. The number of hydrogen-bond donors (Lipinski definition) is 1. The second kappa shape index (κ2) is 4.95. The van der Waals surface area contributed by atoms with Crippen LogP contribution in [0.15, 0.2) is 36.4 Å². The normalized spacial score (nSPS) is 21.2. The molecule has 2 aromatic rings. The van der Waals surface area contributed by atoms with Gasteiger partial charge in [-0.05, 0) is 38.0 Å². The molecule has 0 radical (unpaired) electrons. The predicted octanol–water partition coefficient (Wildman–Crippen LogP) is 4.14. The smallest absolute Gasteiger partial charge is 0.126 e. The van der Waals surface area contributed by atoms with Crippen molar-refractivity contribution in [1.29, 1.82) is 0 Å². The van der Waals surface area contributed by atoms with Crippen molar-refractivity contribution in [2.75, 3.05) is 0 Å². The molecule has 0 amide bonds. The standard InChI is InChI=1S/C18H21NO/c1-11-4-6-14(13(3)8-11)18-10-16(19)15-9-12(2)5-7-17(15)20-18/h4-9,16,18H,10,19H2,1-3H3. The minimum atomic E-state index is 0.0457. The quantitative estimate of drug-likeness (QED) is 0.843. The van der Waals surface area contributed by atoms with Crippen molar-refractivity contribution in [3.8, 4) is 5.75 Å². The van der Waals surface area contributed by atoms with Crippen molar-refractivity contribution in [3.05, 3.63) is 64.2 Å². The summed E-state index contributed by atoms with van der Waals surface area (Å²) >= 11 is 0. The van der Waals surface area contributed by atoms with Crippen LogP contribution in [-0.2, 0) is 0 Å². The average molecular weight is 267 g/mol. The lowest BCUT2D eigenvalue weighted by Gasteiger charge is -2.31. The summed E-state index contributed by atoms with van der Waals surface area (Å²) in [7, 11) is 0. The molecule has 0 bridgehead atoms. The van der Waals surface area contributed by atoms with Crippen molar-refractivity contribution < 1.29 is 4.74 Å². The fourth-order valence-electron chi connectivity index (χ4n) is 3.00. The van der Waals surface area contributed by atoms with Crippen molar-refractivity contribution in [3.63, 3.8) is 0 Å². The van der Waals surface area contributed by atoms with Gasteiger partial charge in [0.15, 0.2) is 0 Å². The van der Waals surface area contributed by atoms with Crippen LogP contribution in [0.1, 0.15) is 46.4 Å². The fourth-order valence-corrected chi connectivity index (χ4v) is 3.00. The van der Waals surface area contributed by atoms with Gasteiger partial charge in [0.1, 0.15) is 11.9 Å². The van der Waals surface area contributed by atoms with Gasteiger partial charge in [-0.1, -0.05) is 41.5 Å². The molecule has 2 atom stereocenters. The summed E-state index contributed by atoms with van der Waals surface area (Å²) in [5.74, 6) is 0.930. The van der Waals surface area contributed by atoms with E-state index in [1.807, 2.05) is 6.07 Å². The van der Waals surface area contributed by atoms with Gasteiger partial charge in [0.05, 0.1) is 0 Å². The molecule has 20 heavy (non-hydrogen) atoms. The monoisotopic (exact) mass is 267 g/mol. The van der Waals surface area contributed by atoms with Gasteiger partial charge in [-0.2, -0.15) is 0 Å². The Morgan fingerprint density at radius 3 is 2.40 bits per heavy atom. The van der Waals surface area contributed by atoms with E-state index >= 15 is 0 Å². The third kappa shape index (κ3) is 2.32. The zero-order valence-corrected chi connectivity index (χ0v) is 12.3. The first-order valence-corrected chi connectivity index (χ1v) is 7.14. The molecule has 2 heteroatoms. The molecule has 1 aliphatic rings. The summed E-state index contributed by atoms with van der Waals surface area (Å²) in [6, 6.07) is 12.8. The third-order valence-electron chi connectivity index (χ3n) is 4.07. The van der Waals surface area contributed by atoms with Crippen LogP contribution in [0.3, 0.4) is 0 Å². The minimum Gasteiger partial charge on any atom is -0.485 e. The Morgan fingerprint density at radius 2 is 1.65 bits per heavy atom. The van der Waals surface area contributed by atoms with Gasteiger partial charge in [0.2, 0.25) is 0 Å². The molecule has 0 aliphatic carbocycles. The Morgan fingerprint density at radius 1 is 0.950 bits per heavy atom. The zero-order valence-electron chi connectivity index (χ0n) is 12.3. The van der Waals surface area contributed by atoms with Crippen LogP contribution in [0.2, 0.25) is 0 Å². The Labute approximate surface area is 120 Å². The van der Waals surface area contributed by atoms with Crippen LogP contribution in [0.25, 0.3) is 0 Å². The predicted molar refractivity (Wildman–Crippen MR) is 82.0 cm³/mol. The SMILES string of the molecule is Cc1ccc(C2CC(N)c3cc(C)ccc3O2)c(C)c1. The van der Waals surface area contributed by atoms with Crippen LogP contribution < -0.4 is 10.5 Å². The van der Waals surface area contributed by atoms with E-state index in [0.717, 1.165) is 17.7 Å². The van der Waals surface area contributed by atoms with E-state index in [1.54, 1.807) is 0 Å². The van der Waals surface area contributed by atoms with Crippen LogP contribution in [0, 0.1) is 20.8 Å². The fraction of sp³-hybridized carbons (Fsp3) is 0.333. The summed E-state index contributed by atoms with van der Waals surface area (Å²) in [5.41, 5.74) is 12.5. The lowest BCUT2D eigenvalue weighted by molar-refractivity contribution is 0.161. The molecule has 1 aliphatic heterocycles. The number of aryl methyl sites for hydroxylation is 3. The Kier molecular flexibility index (Phi) is 3.27. The first-order valence-electron chi connectivity index (χ1n) is 7.14. The topological polar surface area (TPSA) is 35.2 Å². The molecule has 2 nitrogen and oxygen atoms in total. The Bertz CT molecular complexity index is 648. The van der Waals surface area contributed by atoms with Crippen LogP contribution in [0.5, 0.6) is 5.75 Å². The number of fused-ring (bicyclic) bond motifs is 1. The van der Waals surface area contributed by atoms with Gasteiger partial charge >= 0.3 is 0 Å². The zero-order chi connectivity index (χ0) is 14.3. The second-order valence-electron chi connectivity index (χ2n) is 5.85. The highest BCUT2D eigenvalue weighted by Crippen LogP contribution is 2.40. The lowest BCUT2D eigenvalue weighted by Crippen LogP contribution is -2.24. The van der Waals surface area contributed by atoms with Gasteiger partial charge in [-0.15, -0.1) is 0 Å². The molecule has 0 saturated carbocycles. The molecule has 0 fully saturated rings. The molecule has 0 aromatic heterocycles. The van der Waals surface area contributed by atoms with Crippen LogP contribution in [0.4, 0.5) is 0 Å². The summed E-state index contributed by atoms with van der Waals surface area (Å²) in [6.45, 7) is 6.34. The summed E-state index contributed by atoms with van der Waals surface area (Å²) in [5, 5.41) is 0. The molecule has 3 rings (SSSR count). The summed E-state index contributed by atoms with van der Waals surface area (Å²) in [6.07, 6.45) is 0.890. The molecular formula is C18H21NO. The number of nitrogens with two attached hydrogens (primary N) is 1. The maximum Gasteiger partial charge on any atom is 0.126 e. The van der Waals surface area contributed by atoms with E-state index < -0.39 is 0 Å². The van der Waals surface area contributed by atoms with Crippen LogP contribution >= 0.6 is 0 Å². The number of benzene rings is 2. The van der Waals surface area contributed by atoms with Gasteiger partial charge in [-0.25, -0.2) is 0 Å². The molecule has 2 N–H and O–H groups in total. The molecule has 104 valence electrons. The molecule has 1 heterocycles. The largest absolute Gasteiger partial charge is 0.485 e. The molecular weight excluding hydrogens is 246 g/mol. The van der Waals surface area contributed by atoms with Gasteiger partial charge in [0.25, 0.3) is 0 Å². The van der Waals surface area contributed by atoms with E-state index in [1.165, 1.54) is 22.3 Å².